The molecule has 0 aliphatic heterocycles. The lowest BCUT2D eigenvalue weighted by Crippen LogP contribution is -2.37. The van der Waals surface area contributed by atoms with Crippen molar-refractivity contribution in [1.82, 2.24) is 0 Å². The Hall–Kier alpha value is -1.18. The Morgan fingerprint density at radius 3 is 1.83 bits per heavy atom. The molecule has 0 heterocycles. The van der Waals surface area contributed by atoms with E-state index in [-0.39, 0.29) is 38.6 Å². The number of aliphatic hydroxyl groups is 1. The molecular weight excluding hydrogens is 316 g/mol. The third-order valence-electron chi connectivity index (χ3n) is 4.96. The van der Waals surface area contributed by atoms with Gasteiger partial charge in [0.2, 0.25) is 0 Å². The van der Waals surface area contributed by atoms with E-state index in [1.165, 1.54) is 6.42 Å². The fourth-order valence-electron chi connectivity index (χ4n) is 3.58. The summed E-state index contributed by atoms with van der Waals surface area (Å²) in [6.07, 6.45) is 5.29. The number of ether oxygens (including phenoxy) is 2. The molecule has 0 saturated heterocycles. The van der Waals surface area contributed by atoms with Crippen LogP contribution in [-0.4, -0.2) is 58.8 Å². The second kappa shape index (κ2) is 9.34. The van der Waals surface area contributed by atoms with Crippen molar-refractivity contribution in [1.29, 1.82) is 0 Å². The van der Waals surface area contributed by atoms with Crippen molar-refractivity contribution in [2.75, 3.05) is 13.2 Å². The average molecular weight is 344 g/mol. The molecule has 0 aromatic carbocycles. The zero-order valence-corrected chi connectivity index (χ0v) is 13.9. The van der Waals surface area contributed by atoms with Gasteiger partial charge in [-0.25, -0.2) is 0 Å². The van der Waals surface area contributed by atoms with Gasteiger partial charge in [0.05, 0.1) is 37.3 Å². The molecule has 2 rings (SSSR count). The van der Waals surface area contributed by atoms with Gasteiger partial charge in [0.1, 0.15) is 6.10 Å². The Balaban J connectivity index is 1.72. The third-order valence-corrected chi connectivity index (χ3v) is 4.96. The summed E-state index contributed by atoms with van der Waals surface area (Å²) < 4.78 is 11.3. The monoisotopic (exact) mass is 344 g/mol. The van der Waals surface area contributed by atoms with Crippen LogP contribution >= 0.6 is 0 Å². The first kappa shape index (κ1) is 19.1. The van der Waals surface area contributed by atoms with Gasteiger partial charge >= 0.3 is 11.9 Å². The van der Waals surface area contributed by atoms with Crippen molar-refractivity contribution in [3.8, 4) is 0 Å². The van der Waals surface area contributed by atoms with Crippen molar-refractivity contribution in [3.05, 3.63) is 0 Å². The summed E-state index contributed by atoms with van der Waals surface area (Å²) in [4.78, 5) is 22.3. The van der Waals surface area contributed by atoms with Crippen molar-refractivity contribution < 1.29 is 34.4 Å². The van der Waals surface area contributed by atoms with Gasteiger partial charge in [0.15, 0.2) is 0 Å². The Morgan fingerprint density at radius 2 is 1.33 bits per heavy atom. The summed E-state index contributed by atoms with van der Waals surface area (Å²) in [6.45, 7) is 0.234. The van der Waals surface area contributed by atoms with E-state index in [0.717, 1.165) is 25.7 Å². The van der Waals surface area contributed by atoms with Crippen molar-refractivity contribution in [2.45, 2.75) is 69.7 Å². The summed E-state index contributed by atoms with van der Waals surface area (Å²) in [5.74, 6) is -3.40. The van der Waals surface area contributed by atoms with Crippen LogP contribution < -0.4 is 0 Å². The molecule has 3 atom stereocenters. The van der Waals surface area contributed by atoms with Crippen LogP contribution in [0.15, 0.2) is 0 Å². The predicted molar refractivity (Wildman–Crippen MR) is 84.7 cm³/mol. The number of carboxylic acids is 2. The fraction of sp³-hybridized carbons (Fsp3) is 0.882. The first-order valence-electron chi connectivity index (χ1n) is 8.82. The topological polar surface area (TPSA) is 113 Å². The second-order valence-corrected chi connectivity index (χ2v) is 6.98. The van der Waals surface area contributed by atoms with Crippen LogP contribution in [0.1, 0.15) is 51.4 Å². The lowest BCUT2D eigenvalue weighted by Gasteiger charge is -2.31. The maximum absolute atomic E-state index is 11.2. The van der Waals surface area contributed by atoms with Crippen molar-refractivity contribution in [2.24, 2.45) is 11.8 Å². The van der Waals surface area contributed by atoms with Crippen LogP contribution in [0.25, 0.3) is 0 Å². The molecular formula is C17H28O7. The molecule has 2 aliphatic carbocycles. The van der Waals surface area contributed by atoms with Gasteiger partial charge in [-0.2, -0.15) is 0 Å². The number of hydrogen-bond donors (Lipinski definition) is 3. The molecule has 0 spiro atoms. The number of rotatable bonds is 8. The minimum atomic E-state index is -0.990. The average Bonchev–Trinajstić information content (AvgIpc) is 2.58. The normalized spacial score (nSPS) is 30.0. The van der Waals surface area contributed by atoms with Gasteiger partial charge in [-0.15, -0.1) is 0 Å². The molecule has 2 fully saturated rings. The van der Waals surface area contributed by atoms with Gasteiger partial charge in [0.25, 0.3) is 0 Å². The van der Waals surface area contributed by atoms with Crippen LogP contribution in [-0.2, 0) is 19.1 Å². The summed E-state index contributed by atoms with van der Waals surface area (Å²) in [5, 5.41) is 28.3. The van der Waals surface area contributed by atoms with Gasteiger partial charge < -0.3 is 24.8 Å². The van der Waals surface area contributed by atoms with Gasteiger partial charge in [-0.05, 0) is 32.1 Å². The minimum absolute atomic E-state index is 0.0378. The zero-order valence-electron chi connectivity index (χ0n) is 13.9. The number of hydrogen-bond acceptors (Lipinski definition) is 5. The van der Waals surface area contributed by atoms with E-state index < -0.39 is 36.0 Å². The Labute approximate surface area is 141 Å². The third kappa shape index (κ3) is 6.03. The predicted octanol–water partition coefficient (Wildman–Crippen LogP) is 1.67. The van der Waals surface area contributed by atoms with Crippen LogP contribution in [0.2, 0.25) is 0 Å². The highest BCUT2D eigenvalue weighted by molar-refractivity contribution is 5.74. The molecule has 2 aliphatic rings. The maximum Gasteiger partial charge on any atom is 0.306 e. The summed E-state index contributed by atoms with van der Waals surface area (Å²) in [7, 11) is 0. The Kier molecular flexibility index (Phi) is 7.45. The van der Waals surface area contributed by atoms with Crippen molar-refractivity contribution in [3.63, 3.8) is 0 Å². The molecule has 2 saturated carbocycles. The minimum Gasteiger partial charge on any atom is -0.481 e. The van der Waals surface area contributed by atoms with Gasteiger partial charge in [0, 0.05) is 0 Å². The SMILES string of the molecule is O=C(O)C1CC(OCC(O)COC2CCCCC2)CC(C(=O)O)C1. The summed E-state index contributed by atoms with van der Waals surface area (Å²) in [6, 6.07) is 0. The summed E-state index contributed by atoms with van der Waals surface area (Å²) in [5.41, 5.74) is 0. The molecule has 7 nitrogen and oxygen atoms in total. The number of aliphatic hydroxyl groups excluding tert-OH is 1. The van der Waals surface area contributed by atoms with E-state index in [9.17, 15) is 14.7 Å². The molecule has 0 aromatic rings. The van der Waals surface area contributed by atoms with Crippen LogP contribution in [0.5, 0.6) is 0 Å². The van der Waals surface area contributed by atoms with Gasteiger partial charge in [-0.1, -0.05) is 19.3 Å². The highest BCUT2D eigenvalue weighted by atomic mass is 16.5. The van der Waals surface area contributed by atoms with Crippen molar-refractivity contribution >= 4 is 11.9 Å². The van der Waals surface area contributed by atoms with Crippen LogP contribution in [0.4, 0.5) is 0 Å². The number of carboxylic acid groups (broad SMARTS) is 2. The highest BCUT2D eigenvalue weighted by Crippen LogP contribution is 2.31. The molecule has 3 N–H and O–H groups in total. The molecule has 0 bridgehead atoms. The van der Waals surface area contributed by atoms with E-state index in [2.05, 4.69) is 0 Å². The molecule has 138 valence electrons. The molecule has 3 unspecified atom stereocenters. The maximum atomic E-state index is 11.2. The van der Waals surface area contributed by atoms with Gasteiger partial charge in [-0.3, -0.25) is 9.59 Å². The highest BCUT2D eigenvalue weighted by Gasteiger charge is 2.36. The van der Waals surface area contributed by atoms with E-state index in [4.69, 9.17) is 19.7 Å². The van der Waals surface area contributed by atoms with Crippen LogP contribution in [0, 0.1) is 11.8 Å². The van der Waals surface area contributed by atoms with E-state index in [0.29, 0.717) is 0 Å². The smallest absolute Gasteiger partial charge is 0.306 e. The lowest BCUT2D eigenvalue weighted by molar-refractivity contribution is -0.153. The molecule has 0 amide bonds. The summed E-state index contributed by atoms with van der Waals surface area (Å²) >= 11 is 0. The first-order valence-corrected chi connectivity index (χ1v) is 8.82. The molecule has 7 heteroatoms. The Bertz CT molecular complexity index is 397. The van der Waals surface area contributed by atoms with E-state index >= 15 is 0 Å². The largest absolute Gasteiger partial charge is 0.481 e. The standard InChI is InChI=1S/C17H28O7/c18-13(9-23-14-4-2-1-3-5-14)10-24-15-7-11(16(19)20)6-12(8-15)17(21)22/h11-15,18H,1-10H2,(H,19,20)(H,21,22). The molecule has 24 heavy (non-hydrogen) atoms. The first-order chi connectivity index (χ1) is 11.5. The fourth-order valence-corrected chi connectivity index (χ4v) is 3.58. The molecule has 0 radical (unpaired) electrons. The molecule has 0 aromatic heterocycles. The number of aliphatic carboxylic acids is 2. The second-order valence-electron chi connectivity index (χ2n) is 6.98. The van der Waals surface area contributed by atoms with E-state index in [1.807, 2.05) is 0 Å². The lowest BCUT2D eigenvalue weighted by atomic mass is 9.79. The van der Waals surface area contributed by atoms with E-state index in [1.54, 1.807) is 0 Å². The number of carbonyl (C=O) groups is 2. The van der Waals surface area contributed by atoms with Crippen LogP contribution in [0.3, 0.4) is 0 Å². The Morgan fingerprint density at radius 1 is 0.833 bits per heavy atom. The quantitative estimate of drug-likeness (QED) is 0.614. The zero-order chi connectivity index (χ0) is 17.5.